The average molecular weight is 165 g/mol. The van der Waals surface area contributed by atoms with Crippen molar-refractivity contribution in [1.82, 2.24) is 4.57 Å². The van der Waals surface area contributed by atoms with Gasteiger partial charge in [-0.1, -0.05) is 20.8 Å². The quantitative estimate of drug-likeness (QED) is 0.647. The van der Waals surface area contributed by atoms with Gasteiger partial charge in [-0.15, -0.1) is 0 Å². The zero-order chi connectivity index (χ0) is 9.14. The van der Waals surface area contributed by atoms with Crippen molar-refractivity contribution in [3.05, 3.63) is 23.5 Å². The van der Waals surface area contributed by atoms with Crippen LogP contribution in [0.15, 0.2) is 12.4 Å². The topological polar surface area (TPSA) is 4.93 Å². The van der Waals surface area contributed by atoms with Crippen molar-refractivity contribution in [3.8, 4) is 0 Å². The fourth-order valence-corrected chi connectivity index (χ4v) is 1.63. The summed E-state index contributed by atoms with van der Waals surface area (Å²) in [5, 5.41) is 0. The van der Waals surface area contributed by atoms with Crippen LogP contribution in [0.4, 0.5) is 0 Å². The summed E-state index contributed by atoms with van der Waals surface area (Å²) < 4.78 is 2.30. The molecule has 1 aromatic heterocycles. The Hall–Kier alpha value is -0.720. The fraction of sp³-hybridized carbons (Fsp3) is 0.636. The largest absolute Gasteiger partial charge is 0.354 e. The van der Waals surface area contributed by atoms with Crippen LogP contribution >= 0.6 is 0 Å². The minimum absolute atomic E-state index is 0.656. The Balaban J connectivity index is 2.85. The second-order valence-corrected chi connectivity index (χ2v) is 3.79. The molecule has 12 heavy (non-hydrogen) atoms. The predicted molar refractivity (Wildman–Crippen MR) is 53.5 cm³/mol. The molecule has 0 saturated carbocycles. The Kier molecular flexibility index (Phi) is 2.96. The van der Waals surface area contributed by atoms with Crippen molar-refractivity contribution in [2.75, 3.05) is 0 Å². The van der Waals surface area contributed by atoms with Gasteiger partial charge in [0.1, 0.15) is 0 Å². The zero-order valence-corrected chi connectivity index (χ0v) is 8.59. The number of nitrogens with zero attached hydrogens (tertiary/aromatic N) is 1. The molecule has 68 valence electrons. The predicted octanol–water partition coefficient (Wildman–Crippen LogP) is 3.33. The summed E-state index contributed by atoms with van der Waals surface area (Å²) in [5.41, 5.74) is 2.92. The highest BCUT2D eigenvalue weighted by atomic mass is 14.9. The Morgan fingerprint density at radius 2 is 2.00 bits per heavy atom. The lowest BCUT2D eigenvalue weighted by Gasteiger charge is -2.01. The molecule has 0 N–H and O–H groups in total. The first-order chi connectivity index (χ1) is 5.65. The van der Waals surface area contributed by atoms with Gasteiger partial charge in [0.05, 0.1) is 0 Å². The summed E-state index contributed by atoms with van der Waals surface area (Å²) in [6, 6.07) is 0. The first kappa shape index (κ1) is 9.37. The van der Waals surface area contributed by atoms with Crippen LogP contribution in [0.1, 0.15) is 44.2 Å². The molecule has 0 aliphatic heterocycles. The molecule has 0 bridgehead atoms. The number of hydrogen-bond acceptors (Lipinski definition) is 0. The molecule has 1 heteroatoms. The van der Waals surface area contributed by atoms with E-state index in [1.54, 1.807) is 0 Å². The van der Waals surface area contributed by atoms with Crippen molar-refractivity contribution < 1.29 is 0 Å². The highest BCUT2D eigenvalue weighted by Crippen LogP contribution is 2.19. The van der Waals surface area contributed by atoms with Gasteiger partial charge in [0.25, 0.3) is 0 Å². The summed E-state index contributed by atoms with van der Waals surface area (Å²) in [4.78, 5) is 0. The van der Waals surface area contributed by atoms with Crippen LogP contribution in [0.25, 0.3) is 0 Å². The Morgan fingerprint density at radius 1 is 1.33 bits per heavy atom. The van der Waals surface area contributed by atoms with Gasteiger partial charge in [-0.3, -0.25) is 0 Å². The molecule has 1 heterocycles. The minimum atomic E-state index is 0.656. The summed E-state index contributed by atoms with van der Waals surface area (Å²) in [5.74, 6) is 0.656. The van der Waals surface area contributed by atoms with E-state index in [4.69, 9.17) is 0 Å². The van der Waals surface area contributed by atoms with E-state index in [0.717, 1.165) is 6.54 Å². The first-order valence-electron chi connectivity index (χ1n) is 4.81. The van der Waals surface area contributed by atoms with Gasteiger partial charge in [-0.2, -0.15) is 0 Å². The summed E-state index contributed by atoms with van der Waals surface area (Å²) >= 11 is 0. The number of aryl methyl sites for hydroxylation is 2. The molecule has 0 aliphatic rings. The molecular weight excluding hydrogens is 146 g/mol. The van der Waals surface area contributed by atoms with Gasteiger partial charge < -0.3 is 4.57 Å². The van der Waals surface area contributed by atoms with Gasteiger partial charge in [-0.05, 0) is 30.4 Å². The van der Waals surface area contributed by atoms with Gasteiger partial charge in [0, 0.05) is 18.9 Å². The van der Waals surface area contributed by atoms with E-state index in [2.05, 4.69) is 44.7 Å². The monoisotopic (exact) mass is 165 g/mol. The SMILES string of the molecule is CCCn1cc(C)c(C(C)C)c1. The third kappa shape index (κ3) is 1.90. The summed E-state index contributed by atoms with van der Waals surface area (Å²) in [6.45, 7) is 10.1. The lowest BCUT2D eigenvalue weighted by Crippen LogP contribution is -1.91. The number of rotatable bonds is 3. The van der Waals surface area contributed by atoms with E-state index in [0.29, 0.717) is 5.92 Å². The number of hydrogen-bond donors (Lipinski definition) is 0. The van der Waals surface area contributed by atoms with Crippen LogP contribution in [0, 0.1) is 6.92 Å². The summed E-state index contributed by atoms with van der Waals surface area (Å²) in [6.07, 6.45) is 5.74. The molecule has 0 spiro atoms. The standard InChI is InChI=1S/C11H19N/c1-5-6-12-7-10(4)11(8-12)9(2)3/h7-9H,5-6H2,1-4H3. The van der Waals surface area contributed by atoms with Gasteiger partial charge >= 0.3 is 0 Å². The molecule has 0 atom stereocenters. The second kappa shape index (κ2) is 3.79. The molecule has 0 saturated heterocycles. The maximum Gasteiger partial charge on any atom is 0.0217 e. The molecule has 0 radical (unpaired) electrons. The smallest absolute Gasteiger partial charge is 0.0217 e. The van der Waals surface area contributed by atoms with E-state index < -0.39 is 0 Å². The highest BCUT2D eigenvalue weighted by Gasteiger charge is 2.05. The van der Waals surface area contributed by atoms with Crippen LogP contribution in [-0.2, 0) is 6.54 Å². The van der Waals surface area contributed by atoms with Crippen molar-refractivity contribution in [2.45, 2.75) is 46.6 Å². The third-order valence-corrected chi connectivity index (χ3v) is 2.22. The average Bonchev–Trinajstić information content (AvgIpc) is 2.32. The van der Waals surface area contributed by atoms with E-state index >= 15 is 0 Å². The number of aromatic nitrogens is 1. The molecule has 0 amide bonds. The van der Waals surface area contributed by atoms with Crippen molar-refractivity contribution >= 4 is 0 Å². The van der Waals surface area contributed by atoms with Gasteiger partial charge in [0.15, 0.2) is 0 Å². The Bertz CT molecular complexity index is 246. The van der Waals surface area contributed by atoms with Crippen LogP contribution < -0.4 is 0 Å². The zero-order valence-electron chi connectivity index (χ0n) is 8.59. The second-order valence-electron chi connectivity index (χ2n) is 3.79. The van der Waals surface area contributed by atoms with E-state index in [1.165, 1.54) is 17.5 Å². The molecule has 0 aromatic carbocycles. The van der Waals surface area contributed by atoms with Crippen molar-refractivity contribution in [2.24, 2.45) is 0 Å². The molecular formula is C11H19N. The first-order valence-corrected chi connectivity index (χ1v) is 4.81. The van der Waals surface area contributed by atoms with Crippen LogP contribution in [-0.4, -0.2) is 4.57 Å². The van der Waals surface area contributed by atoms with Crippen LogP contribution in [0.2, 0.25) is 0 Å². The molecule has 0 aliphatic carbocycles. The van der Waals surface area contributed by atoms with Crippen LogP contribution in [0.5, 0.6) is 0 Å². The molecule has 1 aromatic rings. The third-order valence-electron chi connectivity index (χ3n) is 2.22. The Morgan fingerprint density at radius 3 is 2.42 bits per heavy atom. The molecule has 1 nitrogen and oxygen atoms in total. The van der Waals surface area contributed by atoms with E-state index in [-0.39, 0.29) is 0 Å². The minimum Gasteiger partial charge on any atom is -0.354 e. The lowest BCUT2D eigenvalue weighted by molar-refractivity contribution is 0.678. The molecule has 1 rings (SSSR count). The molecule has 0 fully saturated rings. The van der Waals surface area contributed by atoms with Crippen LogP contribution in [0.3, 0.4) is 0 Å². The normalized spacial score (nSPS) is 11.1. The fourth-order valence-electron chi connectivity index (χ4n) is 1.63. The van der Waals surface area contributed by atoms with Crippen molar-refractivity contribution in [1.29, 1.82) is 0 Å². The van der Waals surface area contributed by atoms with E-state index in [1.807, 2.05) is 0 Å². The molecule has 0 unspecified atom stereocenters. The van der Waals surface area contributed by atoms with E-state index in [9.17, 15) is 0 Å². The maximum atomic E-state index is 2.30. The summed E-state index contributed by atoms with van der Waals surface area (Å²) in [7, 11) is 0. The highest BCUT2D eigenvalue weighted by molar-refractivity contribution is 5.25. The van der Waals surface area contributed by atoms with Gasteiger partial charge in [-0.25, -0.2) is 0 Å². The van der Waals surface area contributed by atoms with Gasteiger partial charge in [0.2, 0.25) is 0 Å². The maximum absolute atomic E-state index is 2.30. The van der Waals surface area contributed by atoms with Crippen molar-refractivity contribution in [3.63, 3.8) is 0 Å². The Labute approximate surface area is 75.4 Å². The lowest BCUT2D eigenvalue weighted by atomic mass is 10.0.